The fraction of sp³-hybridized carbons (Fsp3) is 0.350. The molecule has 1 aromatic rings. The smallest absolute Gasteiger partial charge is 0.349 e. The zero-order valence-electron chi connectivity index (χ0n) is 15.5. The number of rotatable bonds is 3. The summed E-state index contributed by atoms with van der Waals surface area (Å²) in [5, 5.41) is 9.56. The Balaban J connectivity index is 2.39. The van der Waals surface area contributed by atoms with Crippen LogP contribution in [-0.2, 0) is 14.3 Å². The molecule has 0 bridgehead atoms. The molecule has 2 heterocycles. The third-order valence-corrected chi connectivity index (χ3v) is 4.64. The number of amides is 1. The van der Waals surface area contributed by atoms with Crippen LogP contribution in [0.15, 0.2) is 23.8 Å². The van der Waals surface area contributed by atoms with Crippen LogP contribution < -0.4 is 9.64 Å². The van der Waals surface area contributed by atoms with Gasteiger partial charge in [-0.3, -0.25) is 9.69 Å². The van der Waals surface area contributed by atoms with Crippen molar-refractivity contribution in [2.75, 3.05) is 18.6 Å². The Bertz CT molecular complexity index is 932. The van der Waals surface area contributed by atoms with E-state index in [0.717, 1.165) is 11.1 Å². The highest BCUT2D eigenvalue weighted by molar-refractivity contribution is 6.38. The van der Waals surface area contributed by atoms with Crippen LogP contribution >= 0.6 is 0 Å². The van der Waals surface area contributed by atoms with Gasteiger partial charge < -0.3 is 9.47 Å². The number of carbonyl (C=O) groups excluding carboxylic acids is 2. The molecule has 0 saturated carbocycles. The highest BCUT2D eigenvalue weighted by Gasteiger charge is 2.46. The first-order chi connectivity index (χ1) is 12.3. The Morgan fingerprint density at radius 1 is 1.31 bits per heavy atom. The standard InChI is InChI=1S/C20H20N2O4/c1-6-26-19(24)15(10-21)16-14-8-12(25-5)7-13-11(2)9-20(3,4)22(17(13)14)18(16)23/h7-9H,6H2,1-5H3. The molecule has 6 nitrogen and oxygen atoms in total. The maximum absolute atomic E-state index is 13.2. The first kappa shape index (κ1) is 17.7. The van der Waals surface area contributed by atoms with Crippen molar-refractivity contribution in [3.05, 3.63) is 34.9 Å². The third-order valence-electron chi connectivity index (χ3n) is 4.64. The van der Waals surface area contributed by atoms with Gasteiger partial charge in [0, 0.05) is 11.1 Å². The molecule has 0 unspecified atom stereocenters. The van der Waals surface area contributed by atoms with Crippen LogP contribution in [0.2, 0.25) is 0 Å². The highest BCUT2D eigenvalue weighted by atomic mass is 16.5. The van der Waals surface area contributed by atoms with Gasteiger partial charge in [-0.25, -0.2) is 4.79 Å². The first-order valence-electron chi connectivity index (χ1n) is 8.35. The van der Waals surface area contributed by atoms with E-state index in [1.54, 1.807) is 17.9 Å². The lowest BCUT2D eigenvalue weighted by atomic mass is 9.88. The number of hydrogen-bond donors (Lipinski definition) is 0. The van der Waals surface area contributed by atoms with Crippen molar-refractivity contribution in [3.8, 4) is 11.8 Å². The molecule has 6 heteroatoms. The highest BCUT2D eigenvalue weighted by Crippen LogP contribution is 2.51. The Labute approximate surface area is 152 Å². The van der Waals surface area contributed by atoms with Gasteiger partial charge in [-0.2, -0.15) is 5.26 Å². The predicted molar refractivity (Wildman–Crippen MR) is 97.4 cm³/mol. The summed E-state index contributed by atoms with van der Waals surface area (Å²) in [4.78, 5) is 27.2. The molecule has 1 aromatic carbocycles. The van der Waals surface area contributed by atoms with Crippen LogP contribution in [0.25, 0.3) is 11.1 Å². The summed E-state index contributed by atoms with van der Waals surface area (Å²) in [5.41, 5.74) is 2.28. The van der Waals surface area contributed by atoms with Gasteiger partial charge in [-0.15, -0.1) is 0 Å². The van der Waals surface area contributed by atoms with Gasteiger partial charge in [0.2, 0.25) is 0 Å². The summed E-state index contributed by atoms with van der Waals surface area (Å²) in [6.45, 7) is 7.59. The molecule has 1 amide bonds. The molecule has 0 aliphatic carbocycles. The van der Waals surface area contributed by atoms with Crippen molar-refractivity contribution in [1.82, 2.24) is 0 Å². The van der Waals surface area contributed by atoms with E-state index in [1.165, 1.54) is 7.11 Å². The molecule has 0 aromatic heterocycles. The summed E-state index contributed by atoms with van der Waals surface area (Å²) in [7, 11) is 1.54. The number of esters is 1. The molecule has 0 atom stereocenters. The van der Waals surface area contributed by atoms with Gasteiger partial charge in [0.15, 0.2) is 5.57 Å². The van der Waals surface area contributed by atoms with E-state index in [2.05, 4.69) is 0 Å². The van der Waals surface area contributed by atoms with Crippen molar-refractivity contribution < 1.29 is 19.1 Å². The fourth-order valence-electron chi connectivity index (χ4n) is 3.66. The number of methoxy groups -OCH3 is 1. The minimum absolute atomic E-state index is 0.0669. The van der Waals surface area contributed by atoms with E-state index < -0.39 is 11.5 Å². The van der Waals surface area contributed by atoms with Crippen LogP contribution in [0.1, 0.15) is 38.8 Å². The number of carbonyl (C=O) groups is 2. The van der Waals surface area contributed by atoms with Crippen LogP contribution in [-0.4, -0.2) is 31.1 Å². The van der Waals surface area contributed by atoms with E-state index in [9.17, 15) is 14.9 Å². The zero-order chi connectivity index (χ0) is 19.2. The number of nitriles is 1. The monoisotopic (exact) mass is 352 g/mol. The first-order valence-corrected chi connectivity index (χ1v) is 8.35. The minimum Gasteiger partial charge on any atom is -0.497 e. The number of ether oxygens (including phenoxy) is 2. The third kappa shape index (κ3) is 2.39. The van der Waals surface area contributed by atoms with Gasteiger partial charge in [0.05, 0.1) is 30.5 Å². The van der Waals surface area contributed by atoms with Crippen LogP contribution in [0, 0.1) is 11.3 Å². The van der Waals surface area contributed by atoms with Gasteiger partial charge in [0.1, 0.15) is 11.8 Å². The molecule has 26 heavy (non-hydrogen) atoms. The minimum atomic E-state index is -0.794. The molecule has 3 rings (SSSR count). The van der Waals surface area contributed by atoms with Crippen molar-refractivity contribution in [2.24, 2.45) is 0 Å². The molecular weight excluding hydrogens is 332 g/mol. The van der Waals surface area contributed by atoms with Crippen molar-refractivity contribution >= 4 is 28.7 Å². The lowest BCUT2D eigenvalue weighted by Gasteiger charge is -2.38. The Morgan fingerprint density at radius 2 is 1.96 bits per heavy atom. The quantitative estimate of drug-likeness (QED) is 0.474. The number of anilines is 1. The lowest BCUT2D eigenvalue weighted by Crippen LogP contribution is -2.46. The van der Waals surface area contributed by atoms with Crippen molar-refractivity contribution in [1.29, 1.82) is 5.26 Å². The van der Waals surface area contributed by atoms with Crippen LogP contribution in [0.4, 0.5) is 5.69 Å². The molecule has 0 spiro atoms. The molecule has 0 N–H and O–H groups in total. The van der Waals surface area contributed by atoms with Gasteiger partial charge >= 0.3 is 5.97 Å². The summed E-state index contributed by atoms with van der Waals surface area (Å²) in [6, 6.07) is 5.41. The fourth-order valence-corrected chi connectivity index (χ4v) is 3.66. The SMILES string of the molecule is CCOC(=O)C(C#N)=C1C(=O)N2c3c(cc(OC)cc31)C(C)=CC2(C)C. The topological polar surface area (TPSA) is 79.6 Å². The van der Waals surface area contributed by atoms with Gasteiger partial charge in [-0.1, -0.05) is 6.08 Å². The second-order valence-electron chi connectivity index (χ2n) is 6.77. The molecular formula is C20H20N2O4. The predicted octanol–water partition coefficient (Wildman–Crippen LogP) is 3.08. The van der Waals surface area contributed by atoms with Gasteiger partial charge in [0.25, 0.3) is 5.91 Å². The number of benzene rings is 1. The van der Waals surface area contributed by atoms with E-state index in [0.29, 0.717) is 17.0 Å². The average Bonchev–Trinajstić information content (AvgIpc) is 2.87. The summed E-state index contributed by atoms with van der Waals surface area (Å²) in [6.07, 6.45) is 2.00. The number of nitrogens with zero attached hydrogens (tertiary/aromatic N) is 2. The van der Waals surface area contributed by atoms with E-state index in [1.807, 2.05) is 39.0 Å². The summed E-state index contributed by atoms with van der Waals surface area (Å²) < 4.78 is 10.3. The Kier molecular flexibility index (Phi) is 4.11. The molecule has 0 saturated heterocycles. The number of allylic oxidation sites excluding steroid dienone is 1. The van der Waals surface area contributed by atoms with E-state index >= 15 is 0 Å². The largest absolute Gasteiger partial charge is 0.497 e. The van der Waals surface area contributed by atoms with Crippen molar-refractivity contribution in [3.63, 3.8) is 0 Å². The maximum Gasteiger partial charge on any atom is 0.349 e. The lowest BCUT2D eigenvalue weighted by molar-refractivity contribution is -0.138. The zero-order valence-corrected chi connectivity index (χ0v) is 15.5. The van der Waals surface area contributed by atoms with E-state index in [4.69, 9.17) is 9.47 Å². The number of hydrogen-bond acceptors (Lipinski definition) is 5. The summed E-state index contributed by atoms with van der Waals surface area (Å²) >= 11 is 0. The van der Waals surface area contributed by atoms with Crippen molar-refractivity contribution in [2.45, 2.75) is 33.2 Å². The molecule has 0 fully saturated rings. The maximum atomic E-state index is 13.2. The molecule has 134 valence electrons. The molecule has 0 radical (unpaired) electrons. The van der Waals surface area contributed by atoms with Gasteiger partial charge in [-0.05, 0) is 45.4 Å². The van der Waals surface area contributed by atoms with Crippen LogP contribution in [0.5, 0.6) is 5.75 Å². The summed E-state index contributed by atoms with van der Waals surface area (Å²) in [5.74, 6) is -0.621. The normalized spacial score (nSPS) is 18.7. The Morgan fingerprint density at radius 3 is 2.54 bits per heavy atom. The second kappa shape index (κ2) is 6.03. The van der Waals surface area contributed by atoms with Crippen LogP contribution in [0.3, 0.4) is 0 Å². The molecule has 2 aliphatic rings. The second-order valence-corrected chi connectivity index (χ2v) is 6.77. The van der Waals surface area contributed by atoms with E-state index in [-0.39, 0.29) is 23.7 Å². The molecule has 2 aliphatic heterocycles. The Hall–Kier alpha value is -3.07. The average molecular weight is 352 g/mol.